The molecule has 10 nitrogen and oxygen atoms in total. The zero-order chi connectivity index (χ0) is 25.3. The lowest BCUT2D eigenvalue weighted by Crippen LogP contribution is -2.40. The van der Waals surface area contributed by atoms with Crippen LogP contribution in [0.25, 0.3) is 5.82 Å². The van der Waals surface area contributed by atoms with Crippen molar-refractivity contribution >= 4 is 46.0 Å². The summed E-state index contributed by atoms with van der Waals surface area (Å²) in [7, 11) is 0. The zero-order valence-corrected chi connectivity index (χ0v) is 19.8. The minimum absolute atomic E-state index is 0.0801. The van der Waals surface area contributed by atoms with Crippen LogP contribution in [-0.4, -0.2) is 46.6 Å². The SMILES string of the molecule is C[C@H](NC(=O)c1cc(Cl)cc(OC(F)(F)C(F)(F)I)c1)c1ncnn1-c1cc(C(N)=O)ncn1. The molecule has 16 heteroatoms. The van der Waals surface area contributed by atoms with Crippen molar-refractivity contribution in [2.45, 2.75) is 23.0 Å². The number of benzene rings is 1. The lowest BCUT2D eigenvalue weighted by Gasteiger charge is -2.22. The van der Waals surface area contributed by atoms with E-state index in [1.165, 1.54) is 24.0 Å². The van der Waals surface area contributed by atoms with E-state index in [0.717, 1.165) is 24.5 Å². The topological polar surface area (TPSA) is 138 Å². The van der Waals surface area contributed by atoms with Gasteiger partial charge in [-0.05, 0) is 25.1 Å². The Balaban J connectivity index is 1.83. The van der Waals surface area contributed by atoms with E-state index in [1.807, 2.05) is 0 Å². The Kier molecular flexibility index (Phi) is 7.25. The van der Waals surface area contributed by atoms with Gasteiger partial charge >= 0.3 is 10.0 Å². The van der Waals surface area contributed by atoms with Crippen molar-refractivity contribution in [1.29, 1.82) is 0 Å². The molecule has 1 aromatic carbocycles. The molecule has 0 radical (unpaired) electrons. The van der Waals surface area contributed by atoms with Gasteiger partial charge in [-0.15, -0.1) is 0 Å². The molecule has 0 aliphatic rings. The lowest BCUT2D eigenvalue weighted by molar-refractivity contribution is -0.261. The zero-order valence-electron chi connectivity index (χ0n) is 16.8. The number of hydrogen-bond acceptors (Lipinski definition) is 7. The van der Waals surface area contributed by atoms with Gasteiger partial charge < -0.3 is 15.8 Å². The molecular formula is C18H13ClF4IN7O3. The number of carbonyl (C=O) groups excluding carboxylic acids is 2. The maximum atomic E-state index is 13.6. The summed E-state index contributed by atoms with van der Waals surface area (Å²) in [4.78, 5) is 35.8. The van der Waals surface area contributed by atoms with Crippen molar-refractivity contribution in [2.24, 2.45) is 5.73 Å². The number of nitrogens with zero attached hydrogens (tertiary/aromatic N) is 5. The van der Waals surface area contributed by atoms with Gasteiger partial charge in [-0.3, -0.25) is 9.59 Å². The monoisotopic (exact) mass is 613 g/mol. The second-order valence-electron chi connectivity index (χ2n) is 6.64. The predicted octanol–water partition coefficient (Wildman–Crippen LogP) is 3.30. The molecule has 0 saturated carbocycles. The highest BCUT2D eigenvalue weighted by molar-refractivity contribution is 14.1. The van der Waals surface area contributed by atoms with Gasteiger partial charge in [-0.25, -0.2) is 15.0 Å². The molecular weight excluding hydrogens is 601 g/mol. The number of nitrogens with one attached hydrogen (secondary N) is 1. The third kappa shape index (κ3) is 5.69. The van der Waals surface area contributed by atoms with E-state index in [0.29, 0.717) is 0 Å². The van der Waals surface area contributed by atoms with Gasteiger partial charge in [-0.2, -0.15) is 27.3 Å². The number of ether oxygens (including phenoxy) is 1. The molecule has 3 aromatic rings. The Bertz CT molecular complexity index is 1240. The van der Waals surface area contributed by atoms with Crippen molar-refractivity contribution in [1.82, 2.24) is 30.0 Å². The normalized spacial score (nSPS) is 12.8. The molecule has 2 heterocycles. The van der Waals surface area contributed by atoms with Crippen molar-refractivity contribution in [3.05, 3.63) is 59.0 Å². The molecule has 2 amide bonds. The number of rotatable bonds is 8. The minimum Gasteiger partial charge on any atom is -0.427 e. The summed E-state index contributed by atoms with van der Waals surface area (Å²) in [6, 6.07) is 3.26. The molecule has 34 heavy (non-hydrogen) atoms. The lowest BCUT2D eigenvalue weighted by atomic mass is 10.2. The Labute approximate surface area is 207 Å². The van der Waals surface area contributed by atoms with Crippen molar-refractivity contribution in [3.63, 3.8) is 0 Å². The van der Waals surface area contributed by atoms with Gasteiger partial charge in [0.2, 0.25) is 0 Å². The molecule has 3 rings (SSSR count). The number of nitrogens with two attached hydrogens (primary N) is 1. The van der Waals surface area contributed by atoms with Gasteiger partial charge in [0.25, 0.3) is 11.8 Å². The highest BCUT2D eigenvalue weighted by Gasteiger charge is 2.57. The van der Waals surface area contributed by atoms with E-state index >= 15 is 0 Å². The second kappa shape index (κ2) is 9.65. The molecule has 3 N–H and O–H groups in total. The number of alkyl halides is 5. The summed E-state index contributed by atoms with van der Waals surface area (Å²) in [6.45, 7) is 1.53. The maximum Gasteiger partial charge on any atom is 0.474 e. The molecule has 1 atom stereocenters. The first-order chi connectivity index (χ1) is 15.8. The first kappa shape index (κ1) is 25.5. The van der Waals surface area contributed by atoms with E-state index in [4.69, 9.17) is 17.3 Å². The summed E-state index contributed by atoms with van der Waals surface area (Å²) in [5.41, 5.74) is 4.88. The highest BCUT2D eigenvalue weighted by Crippen LogP contribution is 2.41. The summed E-state index contributed by atoms with van der Waals surface area (Å²) in [5.74, 6) is -2.03. The fraction of sp³-hybridized carbons (Fsp3) is 0.222. The average molecular weight is 614 g/mol. The maximum absolute atomic E-state index is 13.6. The molecule has 0 aliphatic carbocycles. The van der Waals surface area contributed by atoms with Crippen LogP contribution in [0.5, 0.6) is 5.75 Å². The second-order valence-corrected chi connectivity index (χ2v) is 8.43. The van der Waals surface area contributed by atoms with Crippen LogP contribution in [0.4, 0.5) is 17.6 Å². The standard InChI is InChI=1S/C18H13ClF4IN7O3/c1-8(15-28-7-29-31(15)13-5-12(14(25)32)26-6-27-13)30-16(33)9-2-10(19)4-11(3-9)34-18(22,23)17(20,21)24/h2-8H,1H3,(H2,25,32)(H,30,33)/t8-/m0/s1. The van der Waals surface area contributed by atoms with Gasteiger partial charge in [0.15, 0.2) is 11.6 Å². The van der Waals surface area contributed by atoms with E-state index < -0.39 is 33.6 Å². The quantitative estimate of drug-likeness (QED) is 0.226. The van der Waals surface area contributed by atoms with E-state index in [1.54, 1.807) is 0 Å². The number of halogens is 6. The average Bonchev–Trinajstić information content (AvgIpc) is 3.22. The predicted molar refractivity (Wildman–Crippen MR) is 117 cm³/mol. The summed E-state index contributed by atoms with van der Waals surface area (Å²) < 4.78 is 54.1. The summed E-state index contributed by atoms with van der Waals surface area (Å²) >= 11 is 6.09. The fourth-order valence-corrected chi connectivity index (χ4v) is 2.96. The molecule has 0 unspecified atom stereocenters. The number of amides is 2. The van der Waals surface area contributed by atoms with Crippen molar-refractivity contribution in [2.75, 3.05) is 0 Å². The van der Waals surface area contributed by atoms with Crippen molar-refractivity contribution in [3.8, 4) is 11.6 Å². The summed E-state index contributed by atoms with van der Waals surface area (Å²) in [6.07, 6.45) is -2.59. The van der Waals surface area contributed by atoms with E-state index in [9.17, 15) is 27.2 Å². The Morgan fingerprint density at radius 1 is 1.15 bits per heavy atom. The van der Waals surface area contributed by atoms with Crippen LogP contribution >= 0.6 is 34.2 Å². The van der Waals surface area contributed by atoms with Gasteiger partial charge in [0.05, 0.1) is 6.04 Å². The van der Waals surface area contributed by atoms with E-state index in [-0.39, 0.29) is 50.5 Å². The number of hydrogen-bond donors (Lipinski definition) is 2. The number of primary amides is 1. The molecule has 2 aromatic heterocycles. The van der Waals surface area contributed by atoms with Crippen LogP contribution in [-0.2, 0) is 0 Å². The molecule has 0 saturated heterocycles. The van der Waals surface area contributed by atoms with Crippen LogP contribution in [0.2, 0.25) is 5.02 Å². The minimum atomic E-state index is -4.85. The molecule has 0 spiro atoms. The van der Waals surface area contributed by atoms with Gasteiger partial charge in [0.1, 0.15) is 24.1 Å². The molecule has 0 fully saturated rings. The number of aromatic nitrogens is 5. The third-order valence-electron chi connectivity index (χ3n) is 4.14. The first-order valence-electron chi connectivity index (χ1n) is 9.05. The van der Waals surface area contributed by atoms with Crippen LogP contribution in [0.1, 0.15) is 39.6 Å². The Morgan fingerprint density at radius 3 is 2.50 bits per heavy atom. The Hall–Kier alpha value is -3.08. The Morgan fingerprint density at radius 2 is 1.85 bits per heavy atom. The van der Waals surface area contributed by atoms with Gasteiger partial charge in [-0.1, -0.05) is 11.6 Å². The van der Waals surface area contributed by atoms with Crippen LogP contribution in [0, 0.1) is 0 Å². The first-order valence-corrected chi connectivity index (χ1v) is 10.5. The van der Waals surface area contributed by atoms with Gasteiger partial charge in [0, 0.05) is 39.2 Å². The number of carbonyl (C=O) groups is 2. The van der Waals surface area contributed by atoms with Crippen LogP contribution in [0.15, 0.2) is 36.9 Å². The van der Waals surface area contributed by atoms with Crippen molar-refractivity contribution < 1.29 is 31.9 Å². The largest absolute Gasteiger partial charge is 0.474 e. The molecule has 0 bridgehead atoms. The fourth-order valence-electron chi connectivity index (χ4n) is 2.62. The smallest absolute Gasteiger partial charge is 0.427 e. The molecule has 180 valence electrons. The van der Waals surface area contributed by atoms with E-state index in [2.05, 4.69) is 30.1 Å². The summed E-state index contributed by atoms with van der Waals surface area (Å²) in [5, 5.41) is 6.34. The highest BCUT2D eigenvalue weighted by atomic mass is 127. The van der Waals surface area contributed by atoms with Crippen LogP contribution < -0.4 is 15.8 Å². The molecule has 0 aliphatic heterocycles. The van der Waals surface area contributed by atoms with Crippen LogP contribution in [0.3, 0.4) is 0 Å². The third-order valence-corrected chi connectivity index (χ3v) is 4.99.